The van der Waals surface area contributed by atoms with E-state index >= 15 is 0 Å². The average Bonchev–Trinajstić information content (AvgIpc) is 2.94. The van der Waals surface area contributed by atoms with E-state index in [1.165, 1.54) is 6.07 Å². The molecule has 3 unspecified atom stereocenters. The van der Waals surface area contributed by atoms with Gasteiger partial charge in [-0.2, -0.15) is 13.8 Å². The smallest absolute Gasteiger partial charge is 0.351 e. The van der Waals surface area contributed by atoms with E-state index in [0.717, 1.165) is 12.3 Å². The molecule has 0 bridgehead atoms. The minimum Gasteiger partial charge on any atom is -0.460 e. The van der Waals surface area contributed by atoms with Crippen LogP contribution in [0.4, 0.5) is 14.6 Å². The molecule has 3 N–H and O–H groups in total. The molecule has 198 valence electrons. The first-order valence-electron chi connectivity index (χ1n) is 11.1. The quantitative estimate of drug-likeness (QED) is 0.218. The Morgan fingerprint density at radius 3 is 2.40 bits per heavy atom. The molecular weight excluding hydrogens is 484 g/mol. The van der Waals surface area contributed by atoms with Crippen molar-refractivity contribution in [3.05, 3.63) is 35.4 Å². The van der Waals surface area contributed by atoms with Crippen molar-refractivity contribution in [2.75, 3.05) is 25.6 Å². The fourth-order valence-electron chi connectivity index (χ4n) is 4.33. The van der Waals surface area contributed by atoms with Gasteiger partial charge in [-0.05, 0) is 6.07 Å². The lowest BCUT2D eigenvalue weighted by Gasteiger charge is -2.49. The molecule has 1 aliphatic rings. The van der Waals surface area contributed by atoms with E-state index in [2.05, 4.69) is 11.6 Å². The minimum atomic E-state index is -3.80. The summed E-state index contributed by atoms with van der Waals surface area (Å²) < 4.78 is 53.4. The summed E-state index contributed by atoms with van der Waals surface area (Å²) in [5.74, 6) is -4.53. The molecule has 0 aliphatic carbocycles. The van der Waals surface area contributed by atoms with Gasteiger partial charge in [0.15, 0.2) is 6.10 Å². The highest BCUT2D eigenvalue weighted by Crippen LogP contribution is 2.53. The SMILES string of the molecule is C=CC(=O)OCCO[Si](OCC1OC(n2ccc(N)nc2=O)C(F)(F)C1O)(C(C)(C)C)C(C)(C)C. The summed E-state index contributed by atoms with van der Waals surface area (Å²) in [6.07, 6.45) is -3.73. The summed E-state index contributed by atoms with van der Waals surface area (Å²) in [5, 5.41) is 9.27. The van der Waals surface area contributed by atoms with Crippen molar-refractivity contribution in [3.63, 3.8) is 0 Å². The Hall–Kier alpha value is -2.19. The molecule has 1 saturated heterocycles. The van der Waals surface area contributed by atoms with Crippen LogP contribution in [0, 0.1) is 0 Å². The van der Waals surface area contributed by atoms with Gasteiger partial charge < -0.3 is 29.2 Å². The number of aromatic nitrogens is 2. The second-order valence-corrected chi connectivity index (χ2v) is 15.1. The zero-order valence-corrected chi connectivity index (χ0v) is 21.9. The van der Waals surface area contributed by atoms with Gasteiger partial charge in [0.1, 0.15) is 18.5 Å². The molecule has 35 heavy (non-hydrogen) atoms. The number of carbonyl (C=O) groups is 1. The van der Waals surface area contributed by atoms with E-state index < -0.39 is 61.3 Å². The summed E-state index contributed by atoms with van der Waals surface area (Å²) in [7, 11) is -3.29. The molecule has 0 spiro atoms. The molecule has 0 aromatic carbocycles. The summed E-state index contributed by atoms with van der Waals surface area (Å²) >= 11 is 0. The van der Waals surface area contributed by atoms with Crippen LogP contribution in [0.3, 0.4) is 0 Å². The highest BCUT2D eigenvalue weighted by atomic mass is 28.4. The largest absolute Gasteiger partial charge is 0.460 e. The van der Waals surface area contributed by atoms with Crippen molar-refractivity contribution >= 4 is 20.3 Å². The first-order chi connectivity index (χ1) is 16.0. The van der Waals surface area contributed by atoms with E-state index in [0.29, 0.717) is 4.57 Å². The predicted octanol–water partition coefficient (Wildman–Crippen LogP) is 2.52. The molecule has 1 aromatic rings. The van der Waals surface area contributed by atoms with Crippen LogP contribution in [0.2, 0.25) is 10.1 Å². The Labute approximate surface area is 204 Å². The lowest BCUT2D eigenvalue weighted by molar-refractivity contribution is -0.141. The van der Waals surface area contributed by atoms with E-state index in [1.807, 2.05) is 41.5 Å². The van der Waals surface area contributed by atoms with Crippen molar-refractivity contribution in [2.45, 2.75) is 76.0 Å². The highest BCUT2D eigenvalue weighted by Gasteiger charge is 2.62. The van der Waals surface area contributed by atoms with Crippen LogP contribution in [0.5, 0.6) is 0 Å². The Balaban J connectivity index is 2.28. The maximum atomic E-state index is 14.9. The fourth-order valence-corrected chi connectivity index (χ4v) is 9.16. The Bertz CT molecular complexity index is 961. The van der Waals surface area contributed by atoms with Crippen LogP contribution >= 0.6 is 0 Å². The maximum absolute atomic E-state index is 14.9. The number of nitrogens with zero attached hydrogens (tertiary/aromatic N) is 2. The second kappa shape index (κ2) is 10.4. The fraction of sp³-hybridized carbons (Fsp3) is 0.682. The predicted molar refractivity (Wildman–Crippen MR) is 126 cm³/mol. The van der Waals surface area contributed by atoms with Gasteiger partial charge in [-0.25, -0.2) is 9.59 Å². The van der Waals surface area contributed by atoms with E-state index in [9.17, 15) is 23.5 Å². The number of rotatable bonds is 9. The minimum absolute atomic E-state index is 0.0136. The maximum Gasteiger partial charge on any atom is 0.351 e. The van der Waals surface area contributed by atoms with Gasteiger partial charge in [-0.1, -0.05) is 48.1 Å². The molecule has 0 radical (unpaired) electrons. The lowest BCUT2D eigenvalue weighted by Crippen LogP contribution is -2.59. The number of hydrogen-bond acceptors (Lipinski definition) is 9. The molecule has 0 saturated carbocycles. The van der Waals surface area contributed by atoms with E-state index in [4.69, 9.17) is 24.1 Å². The Morgan fingerprint density at radius 1 is 1.29 bits per heavy atom. The number of ether oxygens (including phenoxy) is 2. The molecule has 10 nitrogen and oxygen atoms in total. The summed E-state index contributed by atoms with van der Waals surface area (Å²) in [5.41, 5.74) is 4.40. The zero-order chi connectivity index (χ0) is 26.8. The molecule has 1 aliphatic heterocycles. The summed E-state index contributed by atoms with van der Waals surface area (Å²) in [6, 6.07) is 1.18. The van der Waals surface area contributed by atoms with E-state index in [1.54, 1.807) is 0 Å². The first kappa shape index (κ1) is 29.0. The van der Waals surface area contributed by atoms with Gasteiger partial charge in [0.2, 0.25) is 6.23 Å². The molecule has 2 rings (SSSR count). The number of anilines is 1. The molecule has 0 amide bonds. The standard InChI is InChI=1S/C22H35F2N3O7Si/c1-8-16(28)31-11-12-32-35(20(2,3)4,21(5,6)7)33-13-14-17(29)22(23,24)18(34-14)27-10-9-15(25)26-19(27)30/h8-10,14,17-18,29H,1,11-13H2,2-7H3,(H2,25,26,30). The monoisotopic (exact) mass is 519 g/mol. The number of hydrogen-bond donors (Lipinski definition) is 2. The average molecular weight is 520 g/mol. The zero-order valence-electron chi connectivity index (χ0n) is 20.9. The highest BCUT2D eigenvalue weighted by molar-refractivity contribution is 6.73. The van der Waals surface area contributed by atoms with Crippen LogP contribution in [0.15, 0.2) is 29.7 Å². The number of aliphatic hydroxyl groups excluding tert-OH is 1. The number of nitrogens with two attached hydrogens (primary N) is 1. The summed E-state index contributed by atoms with van der Waals surface area (Å²) in [4.78, 5) is 26.9. The van der Waals surface area contributed by atoms with Gasteiger partial charge in [0, 0.05) is 22.3 Å². The number of esters is 1. The van der Waals surface area contributed by atoms with E-state index in [-0.39, 0.29) is 19.0 Å². The molecular formula is C22H35F2N3O7Si. The van der Waals surface area contributed by atoms with Crippen LogP contribution in [-0.4, -0.2) is 67.1 Å². The molecule has 13 heteroatoms. The van der Waals surface area contributed by atoms with Crippen molar-refractivity contribution in [2.24, 2.45) is 0 Å². The van der Waals surface area contributed by atoms with Gasteiger partial charge in [-0.15, -0.1) is 0 Å². The van der Waals surface area contributed by atoms with Crippen molar-refractivity contribution < 1.29 is 37.0 Å². The number of nitrogen functional groups attached to an aromatic ring is 1. The van der Waals surface area contributed by atoms with Crippen LogP contribution < -0.4 is 11.4 Å². The Morgan fingerprint density at radius 2 is 1.89 bits per heavy atom. The third kappa shape index (κ3) is 5.97. The van der Waals surface area contributed by atoms with Crippen LogP contribution in [-0.2, 0) is 23.1 Å². The third-order valence-corrected chi connectivity index (χ3v) is 10.8. The van der Waals surface area contributed by atoms with Gasteiger partial charge in [0.05, 0.1) is 13.2 Å². The normalized spacial score (nSPS) is 22.7. The third-order valence-electron chi connectivity index (χ3n) is 5.71. The van der Waals surface area contributed by atoms with Gasteiger partial charge >= 0.3 is 26.1 Å². The van der Waals surface area contributed by atoms with Crippen LogP contribution in [0.25, 0.3) is 0 Å². The number of halogens is 2. The first-order valence-corrected chi connectivity index (χ1v) is 12.9. The molecule has 1 aromatic heterocycles. The molecule has 1 fully saturated rings. The second-order valence-electron chi connectivity index (χ2n) is 10.3. The topological polar surface area (TPSA) is 135 Å². The molecule has 3 atom stereocenters. The van der Waals surface area contributed by atoms with Gasteiger partial charge in [0.25, 0.3) is 0 Å². The van der Waals surface area contributed by atoms with Gasteiger partial charge in [-0.3, -0.25) is 4.57 Å². The van der Waals surface area contributed by atoms with Crippen molar-refractivity contribution in [1.82, 2.24) is 9.55 Å². The number of carbonyl (C=O) groups excluding carboxylic acids is 1. The van der Waals surface area contributed by atoms with Crippen molar-refractivity contribution in [1.29, 1.82) is 0 Å². The van der Waals surface area contributed by atoms with Crippen LogP contribution in [0.1, 0.15) is 47.8 Å². The number of aliphatic hydroxyl groups is 1. The lowest BCUT2D eigenvalue weighted by atomic mass is 10.1. The van der Waals surface area contributed by atoms with Crippen molar-refractivity contribution in [3.8, 4) is 0 Å². The Kier molecular flexibility index (Phi) is 8.65. The number of alkyl halides is 2. The molecule has 2 heterocycles. The summed E-state index contributed by atoms with van der Waals surface area (Å²) in [6.45, 7) is 14.3.